The van der Waals surface area contributed by atoms with Crippen molar-refractivity contribution in [2.24, 2.45) is 0 Å². The van der Waals surface area contributed by atoms with Crippen molar-refractivity contribution in [3.63, 3.8) is 0 Å². The van der Waals surface area contributed by atoms with Gasteiger partial charge in [0.15, 0.2) is 5.13 Å². The molecule has 0 saturated heterocycles. The Kier molecular flexibility index (Phi) is 3.03. The third-order valence-corrected chi connectivity index (χ3v) is 4.95. The number of nitrogens with zero attached hydrogens (tertiary/aromatic N) is 2. The van der Waals surface area contributed by atoms with Crippen molar-refractivity contribution in [2.45, 2.75) is 4.90 Å². The SMILES string of the molecule is CN(c1nccs1)S(=O)(=O)c1ccc(N)cc1. The average Bonchev–Trinajstić information content (AvgIpc) is 2.82. The zero-order valence-corrected chi connectivity index (χ0v) is 10.7. The van der Waals surface area contributed by atoms with E-state index in [4.69, 9.17) is 5.73 Å². The number of sulfonamides is 1. The third kappa shape index (κ3) is 2.25. The van der Waals surface area contributed by atoms with Crippen molar-refractivity contribution < 1.29 is 8.42 Å². The number of thiazole rings is 1. The molecule has 0 bridgehead atoms. The molecule has 0 amide bonds. The summed E-state index contributed by atoms with van der Waals surface area (Å²) in [5, 5.41) is 2.16. The number of hydrogen-bond acceptors (Lipinski definition) is 5. The van der Waals surface area contributed by atoms with Gasteiger partial charge in [-0.2, -0.15) is 0 Å². The summed E-state index contributed by atoms with van der Waals surface area (Å²) in [6.07, 6.45) is 1.56. The molecule has 1 heterocycles. The summed E-state index contributed by atoms with van der Waals surface area (Å²) < 4.78 is 25.5. The Hall–Kier alpha value is -1.60. The number of anilines is 2. The molecule has 0 aliphatic carbocycles. The fourth-order valence-electron chi connectivity index (χ4n) is 1.27. The fraction of sp³-hybridized carbons (Fsp3) is 0.100. The van der Waals surface area contributed by atoms with Crippen LogP contribution in [-0.2, 0) is 10.0 Å². The van der Waals surface area contributed by atoms with Gasteiger partial charge in [0.1, 0.15) is 0 Å². The summed E-state index contributed by atoms with van der Waals surface area (Å²) >= 11 is 1.27. The highest BCUT2D eigenvalue weighted by molar-refractivity contribution is 7.93. The van der Waals surface area contributed by atoms with Crippen LogP contribution < -0.4 is 10.0 Å². The van der Waals surface area contributed by atoms with Gasteiger partial charge >= 0.3 is 0 Å². The molecule has 1 aromatic carbocycles. The maximum absolute atomic E-state index is 12.2. The number of nitrogens with two attached hydrogens (primary N) is 1. The van der Waals surface area contributed by atoms with Crippen LogP contribution in [0.4, 0.5) is 10.8 Å². The van der Waals surface area contributed by atoms with Crippen LogP contribution in [0.3, 0.4) is 0 Å². The van der Waals surface area contributed by atoms with Crippen LogP contribution in [0.5, 0.6) is 0 Å². The van der Waals surface area contributed by atoms with Crippen LogP contribution in [0.1, 0.15) is 0 Å². The highest BCUT2D eigenvalue weighted by Crippen LogP contribution is 2.23. The van der Waals surface area contributed by atoms with Gasteiger partial charge in [-0.05, 0) is 24.3 Å². The van der Waals surface area contributed by atoms with Crippen LogP contribution in [0.2, 0.25) is 0 Å². The summed E-state index contributed by atoms with van der Waals surface area (Å²) in [5.41, 5.74) is 6.05. The molecular formula is C10H11N3O2S2. The molecule has 17 heavy (non-hydrogen) atoms. The van der Waals surface area contributed by atoms with Crippen molar-refractivity contribution in [1.29, 1.82) is 0 Å². The Balaban J connectivity index is 2.40. The van der Waals surface area contributed by atoms with E-state index in [9.17, 15) is 8.42 Å². The van der Waals surface area contributed by atoms with Crippen molar-refractivity contribution in [3.05, 3.63) is 35.8 Å². The zero-order chi connectivity index (χ0) is 12.5. The molecule has 2 N–H and O–H groups in total. The molecule has 0 fully saturated rings. The van der Waals surface area contributed by atoms with Crippen LogP contribution in [-0.4, -0.2) is 20.4 Å². The predicted octanol–water partition coefficient (Wildman–Crippen LogP) is 1.55. The van der Waals surface area contributed by atoms with Crippen LogP contribution in [0.25, 0.3) is 0 Å². The molecule has 0 radical (unpaired) electrons. The summed E-state index contributed by atoms with van der Waals surface area (Å²) in [6, 6.07) is 6.08. The first-order chi connectivity index (χ1) is 8.01. The van der Waals surface area contributed by atoms with Crippen molar-refractivity contribution >= 4 is 32.2 Å². The van der Waals surface area contributed by atoms with E-state index in [1.54, 1.807) is 23.7 Å². The Labute approximate surface area is 104 Å². The lowest BCUT2D eigenvalue weighted by molar-refractivity contribution is 0.594. The molecule has 2 aromatic rings. The lowest BCUT2D eigenvalue weighted by Gasteiger charge is -2.16. The van der Waals surface area contributed by atoms with Crippen molar-refractivity contribution in [3.8, 4) is 0 Å². The topological polar surface area (TPSA) is 76.3 Å². The standard InChI is InChI=1S/C10H11N3O2S2/c1-13(10-12-6-7-16-10)17(14,15)9-4-2-8(11)3-5-9/h2-7H,11H2,1H3. The molecular weight excluding hydrogens is 258 g/mol. The molecule has 90 valence electrons. The molecule has 0 spiro atoms. The molecule has 1 aromatic heterocycles. The van der Waals surface area contributed by atoms with Crippen LogP contribution >= 0.6 is 11.3 Å². The van der Waals surface area contributed by atoms with Gasteiger partial charge in [-0.25, -0.2) is 17.7 Å². The second kappa shape index (κ2) is 4.34. The highest BCUT2D eigenvalue weighted by Gasteiger charge is 2.22. The Morgan fingerprint density at radius 3 is 2.47 bits per heavy atom. The smallest absolute Gasteiger partial charge is 0.265 e. The molecule has 2 rings (SSSR count). The maximum Gasteiger partial charge on any atom is 0.265 e. The van der Waals surface area contributed by atoms with E-state index in [1.165, 1.54) is 30.5 Å². The van der Waals surface area contributed by atoms with E-state index in [0.29, 0.717) is 10.8 Å². The minimum atomic E-state index is -3.55. The predicted molar refractivity (Wildman–Crippen MR) is 68.6 cm³/mol. The van der Waals surface area contributed by atoms with Crippen molar-refractivity contribution in [1.82, 2.24) is 4.98 Å². The van der Waals surface area contributed by atoms with E-state index in [-0.39, 0.29) is 4.90 Å². The van der Waals surface area contributed by atoms with Gasteiger partial charge in [0.05, 0.1) is 4.90 Å². The number of nitrogen functional groups attached to an aromatic ring is 1. The molecule has 0 aliphatic heterocycles. The van der Waals surface area contributed by atoms with E-state index >= 15 is 0 Å². The first-order valence-corrected chi connectivity index (χ1v) is 7.08. The lowest BCUT2D eigenvalue weighted by atomic mass is 10.3. The second-order valence-electron chi connectivity index (χ2n) is 3.36. The fourth-order valence-corrected chi connectivity index (χ4v) is 3.26. The Morgan fingerprint density at radius 2 is 1.94 bits per heavy atom. The van der Waals surface area contributed by atoms with Crippen LogP contribution in [0, 0.1) is 0 Å². The number of hydrogen-bond donors (Lipinski definition) is 1. The molecule has 7 heteroatoms. The number of aromatic nitrogens is 1. The summed E-state index contributed by atoms with van der Waals surface area (Å²) in [7, 11) is -2.08. The quantitative estimate of drug-likeness (QED) is 0.858. The summed E-state index contributed by atoms with van der Waals surface area (Å²) in [6.45, 7) is 0. The first-order valence-electron chi connectivity index (χ1n) is 4.76. The maximum atomic E-state index is 12.2. The van der Waals surface area contributed by atoms with E-state index in [1.807, 2.05) is 0 Å². The van der Waals surface area contributed by atoms with Gasteiger partial charge in [-0.15, -0.1) is 11.3 Å². The zero-order valence-electron chi connectivity index (χ0n) is 9.07. The monoisotopic (exact) mass is 269 g/mol. The number of benzene rings is 1. The molecule has 0 atom stereocenters. The van der Waals surface area contributed by atoms with E-state index < -0.39 is 10.0 Å². The minimum absolute atomic E-state index is 0.199. The molecule has 0 unspecified atom stereocenters. The van der Waals surface area contributed by atoms with Gasteiger partial charge in [0.25, 0.3) is 10.0 Å². The number of rotatable bonds is 3. The summed E-state index contributed by atoms with van der Waals surface area (Å²) in [4.78, 5) is 4.16. The van der Waals surface area contributed by atoms with E-state index in [2.05, 4.69) is 4.98 Å². The van der Waals surface area contributed by atoms with Gasteiger partial charge in [-0.1, -0.05) is 0 Å². The minimum Gasteiger partial charge on any atom is -0.399 e. The van der Waals surface area contributed by atoms with Gasteiger partial charge in [0, 0.05) is 24.3 Å². The lowest BCUT2D eigenvalue weighted by Crippen LogP contribution is -2.26. The Bertz CT molecular complexity index is 591. The molecule has 0 aliphatic rings. The Morgan fingerprint density at radius 1 is 1.29 bits per heavy atom. The van der Waals surface area contributed by atoms with Gasteiger partial charge in [0.2, 0.25) is 0 Å². The van der Waals surface area contributed by atoms with Crippen molar-refractivity contribution in [2.75, 3.05) is 17.1 Å². The van der Waals surface area contributed by atoms with Crippen LogP contribution in [0.15, 0.2) is 40.7 Å². The second-order valence-corrected chi connectivity index (χ2v) is 6.20. The first kappa shape index (κ1) is 11.9. The summed E-state index contributed by atoms with van der Waals surface area (Å²) in [5.74, 6) is 0. The largest absolute Gasteiger partial charge is 0.399 e. The van der Waals surface area contributed by atoms with E-state index in [0.717, 1.165) is 4.31 Å². The average molecular weight is 269 g/mol. The molecule has 5 nitrogen and oxygen atoms in total. The van der Waals surface area contributed by atoms with Gasteiger partial charge < -0.3 is 5.73 Å². The normalized spacial score (nSPS) is 11.4. The molecule has 0 saturated carbocycles. The van der Waals surface area contributed by atoms with Gasteiger partial charge in [-0.3, -0.25) is 0 Å². The third-order valence-electron chi connectivity index (χ3n) is 2.23. The highest BCUT2D eigenvalue weighted by atomic mass is 32.2.